The first-order valence-corrected chi connectivity index (χ1v) is 10.2. The predicted octanol–water partition coefficient (Wildman–Crippen LogP) is 2.27. The monoisotopic (exact) mass is 395 g/mol. The summed E-state index contributed by atoms with van der Waals surface area (Å²) in [7, 11) is 3.76. The van der Waals surface area contributed by atoms with E-state index in [4.69, 9.17) is 9.26 Å². The summed E-state index contributed by atoms with van der Waals surface area (Å²) in [6.07, 6.45) is 6.57. The van der Waals surface area contributed by atoms with E-state index in [0.29, 0.717) is 23.6 Å². The molecule has 0 bridgehead atoms. The van der Waals surface area contributed by atoms with Gasteiger partial charge in [-0.05, 0) is 58.0 Å². The van der Waals surface area contributed by atoms with Crippen molar-refractivity contribution in [2.75, 3.05) is 27.2 Å². The minimum atomic E-state index is 0.176. The molecule has 2 aliphatic rings. The number of methoxy groups -OCH3 is 1. The summed E-state index contributed by atoms with van der Waals surface area (Å²) in [6, 6.07) is 4.16. The Kier molecular flexibility index (Phi) is 4.75. The number of rotatable bonds is 4. The lowest BCUT2D eigenvalue weighted by Gasteiger charge is -2.30. The SMILES string of the molecule is COc1ncccc1-c1noc(C2CCc3nnn(C4CCN(C)CC4)c3C2)n1. The van der Waals surface area contributed by atoms with E-state index >= 15 is 0 Å². The number of likely N-dealkylation sites (tertiary alicyclic amines) is 1. The molecule has 0 N–H and O–H groups in total. The molecule has 29 heavy (non-hydrogen) atoms. The van der Waals surface area contributed by atoms with Gasteiger partial charge in [0.2, 0.25) is 17.6 Å². The van der Waals surface area contributed by atoms with Gasteiger partial charge >= 0.3 is 0 Å². The molecule has 3 aromatic heterocycles. The van der Waals surface area contributed by atoms with Crippen LogP contribution in [0.4, 0.5) is 0 Å². The number of nitrogens with zero attached hydrogens (tertiary/aromatic N) is 7. The molecular weight excluding hydrogens is 370 g/mol. The van der Waals surface area contributed by atoms with Crippen LogP contribution in [0.25, 0.3) is 11.4 Å². The summed E-state index contributed by atoms with van der Waals surface area (Å²) in [6.45, 7) is 2.20. The first kappa shape index (κ1) is 18.2. The van der Waals surface area contributed by atoms with Crippen molar-refractivity contribution in [1.29, 1.82) is 0 Å². The van der Waals surface area contributed by atoms with Crippen LogP contribution in [-0.4, -0.2) is 62.3 Å². The highest BCUT2D eigenvalue weighted by atomic mass is 16.5. The van der Waals surface area contributed by atoms with Crippen LogP contribution in [-0.2, 0) is 12.8 Å². The zero-order valence-electron chi connectivity index (χ0n) is 16.8. The van der Waals surface area contributed by atoms with Crippen molar-refractivity contribution in [1.82, 2.24) is 35.0 Å². The van der Waals surface area contributed by atoms with Crippen molar-refractivity contribution in [2.45, 2.75) is 44.1 Å². The van der Waals surface area contributed by atoms with Crippen molar-refractivity contribution >= 4 is 0 Å². The van der Waals surface area contributed by atoms with E-state index in [1.165, 1.54) is 5.69 Å². The lowest BCUT2D eigenvalue weighted by atomic mass is 9.89. The van der Waals surface area contributed by atoms with Crippen molar-refractivity contribution in [3.05, 3.63) is 35.6 Å². The number of piperidine rings is 1. The zero-order valence-corrected chi connectivity index (χ0v) is 16.8. The summed E-state index contributed by atoms with van der Waals surface area (Å²) in [5, 5.41) is 13.2. The molecular formula is C20H25N7O2. The standard InChI is InChI=1S/C20H25N7O2/c1-26-10-7-14(8-11-26)27-17-12-13(5-6-16(17)23-25-27)19-22-18(24-29-19)15-4-3-9-21-20(15)28-2/h3-4,9,13-14H,5-8,10-12H2,1-2H3. The van der Waals surface area contributed by atoms with Gasteiger partial charge in [-0.1, -0.05) is 10.4 Å². The van der Waals surface area contributed by atoms with E-state index in [2.05, 4.69) is 42.1 Å². The third kappa shape index (κ3) is 3.39. The van der Waals surface area contributed by atoms with Crippen LogP contribution in [0, 0.1) is 0 Å². The Balaban J connectivity index is 1.38. The van der Waals surface area contributed by atoms with Gasteiger partial charge in [0.1, 0.15) is 0 Å². The minimum absolute atomic E-state index is 0.176. The topological polar surface area (TPSA) is 95.0 Å². The maximum atomic E-state index is 5.65. The Morgan fingerprint density at radius 2 is 2.07 bits per heavy atom. The first-order chi connectivity index (χ1) is 14.2. The molecule has 9 heteroatoms. The van der Waals surface area contributed by atoms with Gasteiger partial charge in [-0.25, -0.2) is 9.67 Å². The molecule has 4 heterocycles. The Labute approximate surface area is 169 Å². The Morgan fingerprint density at radius 1 is 1.21 bits per heavy atom. The van der Waals surface area contributed by atoms with Gasteiger partial charge in [0, 0.05) is 18.5 Å². The summed E-state index contributed by atoms with van der Waals surface area (Å²) < 4.78 is 13.1. The summed E-state index contributed by atoms with van der Waals surface area (Å²) in [4.78, 5) is 11.3. The number of aromatic nitrogens is 6. The molecule has 3 aromatic rings. The molecule has 1 aliphatic carbocycles. The third-order valence-corrected chi connectivity index (χ3v) is 6.07. The van der Waals surface area contributed by atoms with E-state index in [0.717, 1.165) is 56.5 Å². The third-order valence-electron chi connectivity index (χ3n) is 6.07. The van der Waals surface area contributed by atoms with Crippen LogP contribution in [0.15, 0.2) is 22.9 Å². The second kappa shape index (κ2) is 7.55. The fourth-order valence-corrected chi connectivity index (χ4v) is 4.38. The van der Waals surface area contributed by atoms with Crippen molar-refractivity contribution in [2.24, 2.45) is 0 Å². The normalized spacial score (nSPS) is 20.6. The van der Waals surface area contributed by atoms with Crippen molar-refractivity contribution < 1.29 is 9.26 Å². The lowest BCUT2D eigenvalue weighted by Crippen LogP contribution is -2.33. The number of ether oxygens (including phenoxy) is 1. The van der Waals surface area contributed by atoms with Gasteiger partial charge in [0.25, 0.3) is 0 Å². The Morgan fingerprint density at radius 3 is 2.90 bits per heavy atom. The Bertz CT molecular complexity index is 990. The van der Waals surface area contributed by atoms with Crippen LogP contribution in [0.1, 0.15) is 48.5 Å². The second-order valence-corrected chi connectivity index (χ2v) is 7.92. The number of hydrogen-bond acceptors (Lipinski definition) is 8. The molecule has 0 radical (unpaired) electrons. The molecule has 0 amide bonds. The molecule has 1 atom stereocenters. The van der Waals surface area contributed by atoms with Crippen molar-refractivity contribution in [3.63, 3.8) is 0 Å². The van der Waals surface area contributed by atoms with E-state index < -0.39 is 0 Å². The smallest absolute Gasteiger partial charge is 0.230 e. The molecule has 1 unspecified atom stereocenters. The first-order valence-electron chi connectivity index (χ1n) is 10.2. The van der Waals surface area contributed by atoms with Gasteiger partial charge < -0.3 is 14.2 Å². The molecule has 1 aliphatic heterocycles. The molecule has 5 rings (SSSR count). The Hall–Kier alpha value is -2.81. The second-order valence-electron chi connectivity index (χ2n) is 7.92. The van der Waals surface area contributed by atoms with Gasteiger partial charge in [-0.2, -0.15) is 4.98 Å². The van der Waals surface area contributed by atoms with Crippen LogP contribution < -0.4 is 4.74 Å². The summed E-state index contributed by atoms with van der Waals surface area (Å²) >= 11 is 0. The average molecular weight is 395 g/mol. The zero-order chi connectivity index (χ0) is 19.8. The predicted molar refractivity (Wildman–Crippen MR) is 105 cm³/mol. The number of aryl methyl sites for hydroxylation is 1. The van der Waals surface area contributed by atoms with E-state index in [1.54, 1.807) is 13.3 Å². The van der Waals surface area contributed by atoms with E-state index in [9.17, 15) is 0 Å². The number of pyridine rings is 1. The summed E-state index contributed by atoms with van der Waals surface area (Å²) in [5.41, 5.74) is 3.09. The maximum absolute atomic E-state index is 5.65. The molecule has 0 saturated carbocycles. The van der Waals surface area contributed by atoms with Gasteiger partial charge in [-0.15, -0.1) is 5.10 Å². The molecule has 9 nitrogen and oxygen atoms in total. The largest absolute Gasteiger partial charge is 0.480 e. The summed E-state index contributed by atoms with van der Waals surface area (Å²) in [5.74, 6) is 1.84. The van der Waals surface area contributed by atoms with Gasteiger partial charge in [0.05, 0.1) is 30.1 Å². The molecule has 0 spiro atoms. The minimum Gasteiger partial charge on any atom is -0.480 e. The van der Waals surface area contributed by atoms with E-state index in [1.807, 2.05) is 12.1 Å². The van der Waals surface area contributed by atoms with Crippen LogP contribution in [0.2, 0.25) is 0 Å². The maximum Gasteiger partial charge on any atom is 0.230 e. The fraction of sp³-hybridized carbons (Fsp3) is 0.550. The lowest BCUT2D eigenvalue weighted by molar-refractivity contribution is 0.207. The highest BCUT2D eigenvalue weighted by Gasteiger charge is 2.32. The molecule has 1 saturated heterocycles. The molecule has 0 aromatic carbocycles. The van der Waals surface area contributed by atoms with Gasteiger partial charge in [-0.3, -0.25) is 0 Å². The molecule has 152 valence electrons. The van der Waals surface area contributed by atoms with Gasteiger partial charge in [0.15, 0.2) is 0 Å². The highest BCUT2D eigenvalue weighted by molar-refractivity contribution is 5.60. The van der Waals surface area contributed by atoms with Crippen LogP contribution in [0.3, 0.4) is 0 Å². The average Bonchev–Trinajstić information content (AvgIpc) is 3.41. The van der Waals surface area contributed by atoms with E-state index in [-0.39, 0.29) is 5.92 Å². The highest BCUT2D eigenvalue weighted by Crippen LogP contribution is 2.35. The van der Waals surface area contributed by atoms with Crippen LogP contribution in [0.5, 0.6) is 5.88 Å². The fourth-order valence-electron chi connectivity index (χ4n) is 4.38. The molecule has 1 fully saturated rings. The van der Waals surface area contributed by atoms with Crippen LogP contribution >= 0.6 is 0 Å². The van der Waals surface area contributed by atoms with Crippen molar-refractivity contribution in [3.8, 4) is 17.3 Å². The number of fused-ring (bicyclic) bond motifs is 1. The number of hydrogen-bond donors (Lipinski definition) is 0. The quantitative estimate of drug-likeness (QED) is 0.664.